The van der Waals surface area contributed by atoms with Gasteiger partial charge in [0.2, 0.25) is 0 Å². The minimum Gasteiger partial charge on any atom is -0.512 e. The molecule has 0 bridgehead atoms. The third kappa shape index (κ3) is 5.56. The van der Waals surface area contributed by atoms with Gasteiger partial charge in [-0.05, 0) is 55.3 Å². The molecule has 0 unspecified atom stereocenters. The van der Waals surface area contributed by atoms with Gasteiger partial charge in [0.25, 0.3) is 0 Å². The number of para-hydroxylation sites is 1. The van der Waals surface area contributed by atoms with Crippen molar-refractivity contribution in [3.8, 4) is 0 Å². The molecule has 6 rings (SSSR count). The standard InChI is InChI=1S/C21H10NO2.C13H24O2.Ir/c1-2-7-14-12(5-1)11-18-21(22-14)13-6-3-8-15-19(13)20-16(23-15)9-4-10-17(20)24-18;1-5-10(6-2)12(14)9-13(15)11(7-3)8-4;/h1-5,7-11H;9-11,14H,5-8H2,1-4H3;/q-1;;/b;12-9-;. The Morgan fingerprint density at radius 1 is 0.850 bits per heavy atom. The number of fused-ring (bicyclic) bond motifs is 3. The molecule has 1 N–H and O–H groups in total. The monoisotopic (exact) mass is 713 g/mol. The molecule has 3 aromatic carbocycles. The maximum absolute atomic E-state index is 11.7. The van der Waals surface area contributed by atoms with Gasteiger partial charge in [-0.1, -0.05) is 58.0 Å². The van der Waals surface area contributed by atoms with E-state index in [4.69, 9.17) is 13.8 Å². The van der Waals surface area contributed by atoms with Crippen LogP contribution in [0.2, 0.25) is 0 Å². The molecule has 0 spiro atoms. The zero-order valence-corrected chi connectivity index (χ0v) is 25.7. The summed E-state index contributed by atoms with van der Waals surface area (Å²) in [4.78, 5) is 16.6. The molecule has 0 aliphatic carbocycles. The molecule has 3 heterocycles. The van der Waals surface area contributed by atoms with Gasteiger partial charge in [-0.3, -0.25) is 9.78 Å². The van der Waals surface area contributed by atoms with E-state index in [0.29, 0.717) is 0 Å². The van der Waals surface area contributed by atoms with Crippen LogP contribution in [0.4, 0.5) is 0 Å². The molecule has 3 aromatic heterocycles. The first-order valence-electron chi connectivity index (χ1n) is 13.9. The molecular formula is C34H34IrNO4-. The van der Waals surface area contributed by atoms with Crippen LogP contribution in [-0.2, 0) is 24.9 Å². The van der Waals surface area contributed by atoms with Crippen LogP contribution in [-0.4, -0.2) is 15.9 Å². The van der Waals surface area contributed by atoms with Gasteiger partial charge in [0.15, 0.2) is 5.78 Å². The van der Waals surface area contributed by atoms with Crippen LogP contribution in [0.3, 0.4) is 0 Å². The minimum atomic E-state index is 0. The predicted molar refractivity (Wildman–Crippen MR) is 159 cm³/mol. The quantitative estimate of drug-likeness (QED) is 0.101. The summed E-state index contributed by atoms with van der Waals surface area (Å²) >= 11 is 0. The van der Waals surface area contributed by atoms with Crippen molar-refractivity contribution in [3.05, 3.63) is 78.6 Å². The molecule has 0 aliphatic rings. The number of carbonyl (C=O) groups is 1. The summed E-state index contributed by atoms with van der Waals surface area (Å²) in [6.45, 7) is 8.07. The van der Waals surface area contributed by atoms with E-state index in [-0.39, 0.29) is 43.5 Å². The fourth-order valence-corrected chi connectivity index (χ4v) is 5.30. The zero-order chi connectivity index (χ0) is 27.5. The Hall–Kier alpha value is -3.47. The summed E-state index contributed by atoms with van der Waals surface area (Å²) in [6.07, 6.45) is 4.91. The largest absolute Gasteiger partial charge is 0.512 e. The fraction of sp³-hybridized carbons (Fsp3) is 0.294. The van der Waals surface area contributed by atoms with Gasteiger partial charge in [-0.15, -0.1) is 17.5 Å². The van der Waals surface area contributed by atoms with E-state index in [9.17, 15) is 9.90 Å². The van der Waals surface area contributed by atoms with E-state index in [0.717, 1.165) is 80.6 Å². The number of carbonyl (C=O) groups excluding carboxylic acids is 1. The number of hydrogen-bond acceptors (Lipinski definition) is 5. The van der Waals surface area contributed by atoms with Gasteiger partial charge in [0, 0.05) is 54.3 Å². The van der Waals surface area contributed by atoms with Crippen LogP contribution in [0.15, 0.2) is 81.3 Å². The molecule has 0 aliphatic heterocycles. The number of aromatic nitrogens is 1. The van der Waals surface area contributed by atoms with Crippen LogP contribution in [0, 0.1) is 17.9 Å². The van der Waals surface area contributed by atoms with Crippen LogP contribution in [0.25, 0.3) is 54.9 Å². The van der Waals surface area contributed by atoms with Gasteiger partial charge >= 0.3 is 0 Å². The maximum atomic E-state index is 11.7. The molecule has 0 saturated heterocycles. The summed E-state index contributed by atoms with van der Waals surface area (Å²) in [5, 5.41) is 13.8. The van der Waals surface area contributed by atoms with Crippen molar-refractivity contribution in [3.63, 3.8) is 0 Å². The van der Waals surface area contributed by atoms with E-state index in [1.807, 2.05) is 88.4 Å². The first kappa shape index (κ1) is 29.5. The van der Waals surface area contributed by atoms with E-state index >= 15 is 0 Å². The number of allylic oxidation sites excluding steroid dienone is 2. The molecule has 0 atom stereocenters. The van der Waals surface area contributed by atoms with E-state index in [1.165, 1.54) is 6.08 Å². The van der Waals surface area contributed by atoms with Gasteiger partial charge in [0.1, 0.15) is 16.7 Å². The number of furan rings is 1. The summed E-state index contributed by atoms with van der Waals surface area (Å²) in [5.74, 6) is 0.547. The first-order valence-corrected chi connectivity index (χ1v) is 13.9. The summed E-state index contributed by atoms with van der Waals surface area (Å²) < 4.78 is 12.2. The van der Waals surface area contributed by atoms with Gasteiger partial charge in [-0.2, -0.15) is 0 Å². The van der Waals surface area contributed by atoms with Crippen molar-refractivity contribution in [1.29, 1.82) is 0 Å². The van der Waals surface area contributed by atoms with Crippen LogP contribution >= 0.6 is 0 Å². The maximum Gasteiger partial charge on any atom is 0.162 e. The number of ketones is 1. The van der Waals surface area contributed by atoms with Crippen molar-refractivity contribution < 1.29 is 38.8 Å². The molecule has 6 heteroatoms. The number of rotatable bonds is 7. The molecule has 0 amide bonds. The Bertz CT molecular complexity index is 1810. The Balaban J connectivity index is 0.000000204. The summed E-state index contributed by atoms with van der Waals surface area (Å²) in [7, 11) is 0. The number of aliphatic hydroxyl groups is 1. The Morgan fingerprint density at radius 2 is 1.48 bits per heavy atom. The summed E-state index contributed by atoms with van der Waals surface area (Å²) in [5.41, 5.74) is 4.94. The molecule has 1 radical (unpaired) electrons. The zero-order valence-electron chi connectivity index (χ0n) is 23.3. The molecule has 0 fully saturated rings. The van der Waals surface area contributed by atoms with Gasteiger partial charge in [0.05, 0.1) is 16.9 Å². The van der Waals surface area contributed by atoms with Crippen LogP contribution < -0.4 is 0 Å². The van der Waals surface area contributed by atoms with Crippen molar-refractivity contribution in [2.45, 2.75) is 53.4 Å². The topological polar surface area (TPSA) is 76.5 Å². The van der Waals surface area contributed by atoms with Crippen LogP contribution in [0.5, 0.6) is 0 Å². The SMILES string of the molecule is CCC(CC)C(=O)/C=C(\O)C(CC)CC.[Ir].[c-]1ccc2oc3cccc4oc5cc6ccccc6nc5c1c2c43. The molecule has 6 aromatic rings. The predicted octanol–water partition coefficient (Wildman–Crippen LogP) is 9.70. The Kier molecular flexibility index (Phi) is 9.44. The molecule has 0 saturated carbocycles. The summed E-state index contributed by atoms with van der Waals surface area (Å²) in [6, 6.07) is 23.2. The van der Waals surface area contributed by atoms with Crippen molar-refractivity contribution in [2.75, 3.05) is 0 Å². The third-order valence-corrected chi connectivity index (χ3v) is 7.64. The number of pyridine rings is 1. The first-order chi connectivity index (χ1) is 19.0. The number of benzene rings is 3. The normalized spacial score (nSPS) is 12.0. The van der Waals surface area contributed by atoms with Crippen molar-refractivity contribution in [1.82, 2.24) is 4.98 Å². The smallest absolute Gasteiger partial charge is 0.162 e. The van der Waals surface area contributed by atoms with E-state index in [2.05, 4.69) is 6.07 Å². The van der Waals surface area contributed by atoms with Gasteiger partial charge < -0.3 is 13.9 Å². The van der Waals surface area contributed by atoms with E-state index < -0.39 is 0 Å². The average molecular weight is 713 g/mol. The minimum absolute atomic E-state index is 0. The van der Waals surface area contributed by atoms with E-state index in [1.54, 1.807) is 0 Å². The molecular weight excluding hydrogens is 679 g/mol. The van der Waals surface area contributed by atoms with Crippen molar-refractivity contribution in [2.24, 2.45) is 11.8 Å². The van der Waals surface area contributed by atoms with Crippen LogP contribution in [0.1, 0.15) is 53.4 Å². The third-order valence-electron chi connectivity index (χ3n) is 7.64. The molecule has 5 nitrogen and oxygen atoms in total. The second-order valence-corrected chi connectivity index (χ2v) is 9.95. The second-order valence-electron chi connectivity index (χ2n) is 9.95. The Labute approximate surface area is 247 Å². The second kappa shape index (κ2) is 12.8. The number of aliphatic hydroxyl groups excluding tert-OH is 1. The molecule has 40 heavy (non-hydrogen) atoms. The Morgan fingerprint density at radius 3 is 2.15 bits per heavy atom. The van der Waals surface area contributed by atoms with Gasteiger partial charge in [-0.25, -0.2) is 0 Å². The molecule has 209 valence electrons. The fourth-order valence-electron chi connectivity index (χ4n) is 5.30. The number of nitrogens with zero attached hydrogens (tertiary/aromatic N) is 1. The average Bonchev–Trinajstić information content (AvgIpc) is 3.27. The van der Waals surface area contributed by atoms with Crippen molar-refractivity contribution >= 4 is 60.7 Å². The number of hydrogen-bond donors (Lipinski definition) is 1.